The van der Waals surface area contributed by atoms with Crippen molar-refractivity contribution in [1.29, 1.82) is 0 Å². The molecular weight excluding hydrogens is 347 g/mol. The van der Waals surface area contributed by atoms with Crippen LogP contribution in [0.15, 0.2) is 84.9 Å². The van der Waals surface area contributed by atoms with Gasteiger partial charge in [0.15, 0.2) is 0 Å². The molecule has 0 saturated carbocycles. The van der Waals surface area contributed by atoms with E-state index in [1.54, 1.807) is 6.07 Å². The predicted octanol–water partition coefficient (Wildman–Crippen LogP) is 6.57. The van der Waals surface area contributed by atoms with Crippen molar-refractivity contribution in [1.82, 2.24) is 9.13 Å². The number of aryl methyl sites for hydroxylation is 1. The lowest BCUT2D eigenvalue weighted by molar-refractivity contribution is 0.629. The molecule has 0 fully saturated rings. The third-order valence-electron chi connectivity index (χ3n) is 5.79. The Balaban J connectivity index is 1.76. The second-order valence-corrected chi connectivity index (χ2v) is 7.29. The van der Waals surface area contributed by atoms with Crippen molar-refractivity contribution in [3.8, 4) is 5.69 Å². The Morgan fingerprint density at radius 2 is 1.14 bits per heavy atom. The monoisotopic (exact) mass is 364 g/mol. The van der Waals surface area contributed by atoms with Crippen molar-refractivity contribution in [2.75, 3.05) is 0 Å². The minimum atomic E-state index is -0.206. The SMILES string of the molecule is Cn1c2ccc(F)cc2c2cc(-n3c4ccccc4c4ccccc43)ccc21. The molecule has 134 valence electrons. The van der Waals surface area contributed by atoms with Gasteiger partial charge in [-0.1, -0.05) is 36.4 Å². The fourth-order valence-electron chi connectivity index (χ4n) is 4.52. The highest BCUT2D eigenvalue weighted by Gasteiger charge is 2.14. The van der Waals surface area contributed by atoms with E-state index in [1.807, 2.05) is 13.1 Å². The van der Waals surface area contributed by atoms with Gasteiger partial charge in [0.1, 0.15) is 5.82 Å². The molecule has 0 aliphatic rings. The number of para-hydroxylation sites is 2. The molecule has 0 atom stereocenters. The van der Waals surface area contributed by atoms with Crippen LogP contribution in [0.25, 0.3) is 49.3 Å². The fourth-order valence-corrected chi connectivity index (χ4v) is 4.52. The second-order valence-electron chi connectivity index (χ2n) is 7.29. The largest absolute Gasteiger partial charge is 0.344 e. The Hall–Kier alpha value is -3.59. The molecule has 6 rings (SSSR count). The van der Waals surface area contributed by atoms with E-state index in [4.69, 9.17) is 0 Å². The molecule has 2 heterocycles. The van der Waals surface area contributed by atoms with Gasteiger partial charge in [0.2, 0.25) is 0 Å². The van der Waals surface area contributed by atoms with Gasteiger partial charge in [-0.05, 0) is 48.5 Å². The number of halogens is 1. The average molecular weight is 364 g/mol. The summed E-state index contributed by atoms with van der Waals surface area (Å²) in [6.07, 6.45) is 0. The van der Waals surface area contributed by atoms with Gasteiger partial charge in [0.05, 0.1) is 11.0 Å². The maximum atomic E-state index is 13.9. The van der Waals surface area contributed by atoms with Gasteiger partial charge in [-0.25, -0.2) is 4.39 Å². The summed E-state index contributed by atoms with van der Waals surface area (Å²) in [5.41, 5.74) is 5.58. The summed E-state index contributed by atoms with van der Waals surface area (Å²) in [4.78, 5) is 0. The maximum Gasteiger partial charge on any atom is 0.123 e. The third-order valence-corrected chi connectivity index (χ3v) is 5.79. The van der Waals surface area contributed by atoms with Crippen LogP contribution in [-0.4, -0.2) is 9.13 Å². The number of hydrogen-bond acceptors (Lipinski definition) is 0. The van der Waals surface area contributed by atoms with Crippen LogP contribution in [0.5, 0.6) is 0 Å². The Morgan fingerprint density at radius 3 is 1.82 bits per heavy atom. The van der Waals surface area contributed by atoms with Crippen molar-refractivity contribution >= 4 is 43.6 Å². The quantitative estimate of drug-likeness (QED) is 0.312. The van der Waals surface area contributed by atoms with Crippen LogP contribution >= 0.6 is 0 Å². The molecule has 0 aliphatic carbocycles. The van der Waals surface area contributed by atoms with E-state index in [-0.39, 0.29) is 5.82 Å². The molecule has 0 saturated heterocycles. The van der Waals surface area contributed by atoms with Gasteiger partial charge in [0, 0.05) is 45.3 Å². The summed E-state index contributed by atoms with van der Waals surface area (Å²) in [6.45, 7) is 0. The first-order valence-electron chi connectivity index (χ1n) is 9.38. The average Bonchev–Trinajstić information content (AvgIpc) is 3.20. The van der Waals surface area contributed by atoms with Crippen LogP contribution in [0.4, 0.5) is 4.39 Å². The zero-order valence-corrected chi connectivity index (χ0v) is 15.4. The first kappa shape index (κ1) is 15.5. The number of aromatic nitrogens is 2. The Bertz CT molecular complexity index is 1480. The summed E-state index contributed by atoms with van der Waals surface area (Å²) in [5, 5.41) is 4.49. The first-order chi connectivity index (χ1) is 13.7. The molecule has 0 amide bonds. The van der Waals surface area contributed by atoms with Gasteiger partial charge < -0.3 is 9.13 Å². The van der Waals surface area contributed by atoms with Crippen molar-refractivity contribution in [3.05, 3.63) is 90.7 Å². The van der Waals surface area contributed by atoms with Gasteiger partial charge in [-0.2, -0.15) is 0 Å². The van der Waals surface area contributed by atoms with Crippen LogP contribution in [0.2, 0.25) is 0 Å². The van der Waals surface area contributed by atoms with E-state index in [9.17, 15) is 4.39 Å². The van der Waals surface area contributed by atoms with Gasteiger partial charge in [-0.15, -0.1) is 0 Å². The molecule has 2 nitrogen and oxygen atoms in total. The molecule has 0 aliphatic heterocycles. The van der Waals surface area contributed by atoms with Crippen LogP contribution in [-0.2, 0) is 7.05 Å². The van der Waals surface area contributed by atoms with E-state index in [2.05, 4.69) is 75.9 Å². The van der Waals surface area contributed by atoms with E-state index in [0.29, 0.717) is 0 Å². The maximum absolute atomic E-state index is 13.9. The molecule has 0 unspecified atom stereocenters. The highest BCUT2D eigenvalue weighted by Crippen LogP contribution is 2.35. The molecule has 4 aromatic carbocycles. The van der Waals surface area contributed by atoms with Crippen LogP contribution in [0, 0.1) is 5.82 Å². The topological polar surface area (TPSA) is 9.86 Å². The molecule has 6 aromatic rings. The molecule has 0 bridgehead atoms. The molecule has 0 spiro atoms. The number of hydrogen-bond donors (Lipinski definition) is 0. The van der Waals surface area contributed by atoms with Crippen molar-refractivity contribution in [2.45, 2.75) is 0 Å². The highest BCUT2D eigenvalue weighted by atomic mass is 19.1. The molecular formula is C25H17FN2. The summed E-state index contributed by atoms with van der Waals surface area (Å²) >= 11 is 0. The van der Waals surface area contributed by atoms with Gasteiger partial charge in [0.25, 0.3) is 0 Å². The van der Waals surface area contributed by atoms with Crippen LogP contribution in [0.3, 0.4) is 0 Å². The van der Waals surface area contributed by atoms with Crippen molar-refractivity contribution in [3.63, 3.8) is 0 Å². The lowest BCUT2D eigenvalue weighted by Crippen LogP contribution is -1.94. The normalized spacial score (nSPS) is 11.9. The number of fused-ring (bicyclic) bond motifs is 6. The molecule has 0 radical (unpaired) electrons. The van der Waals surface area contributed by atoms with E-state index in [1.165, 1.54) is 27.9 Å². The minimum Gasteiger partial charge on any atom is -0.344 e. The molecule has 0 N–H and O–H groups in total. The van der Waals surface area contributed by atoms with E-state index >= 15 is 0 Å². The summed E-state index contributed by atoms with van der Waals surface area (Å²) in [7, 11) is 2.03. The Labute approximate surface area is 161 Å². The second kappa shape index (κ2) is 5.46. The Kier molecular flexibility index (Phi) is 3.01. The Morgan fingerprint density at radius 1 is 0.571 bits per heavy atom. The highest BCUT2D eigenvalue weighted by molar-refractivity contribution is 6.11. The fraction of sp³-hybridized carbons (Fsp3) is 0.0400. The standard InChI is InChI=1S/C25H17FN2/c1-27-22-12-10-16(26)14-20(22)21-15-17(11-13-23(21)27)28-24-8-4-2-6-18(24)19-7-3-5-9-25(19)28/h2-15H,1H3. The summed E-state index contributed by atoms with van der Waals surface area (Å²) < 4.78 is 18.4. The smallest absolute Gasteiger partial charge is 0.123 e. The minimum absolute atomic E-state index is 0.206. The first-order valence-corrected chi connectivity index (χ1v) is 9.38. The summed E-state index contributed by atoms with van der Waals surface area (Å²) in [5.74, 6) is -0.206. The van der Waals surface area contributed by atoms with Crippen molar-refractivity contribution < 1.29 is 4.39 Å². The number of rotatable bonds is 1. The molecule has 28 heavy (non-hydrogen) atoms. The lowest BCUT2D eigenvalue weighted by Gasteiger charge is -2.08. The van der Waals surface area contributed by atoms with Gasteiger partial charge >= 0.3 is 0 Å². The predicted molar refractivity (Wildman–Crippen MR) is 115 cm³/mol. The van der Waals surface area contributed by atoms with E-state index in [0.717, 1.165) is 27.5 Å². The molecule has 3 heteroatoms. The number of nitrogens with zero attached hydrogens (tertiary/aromatic N) is 2. The van der Waals surface area contributed by atoms with Gasteiger partial charge in [-0.3, -0.25) is 0 Å². The zero-order chi connectivity index (χ0) is 18.8. The van der Waals surface area contributed by atoms with Crippen LogP contribution < -0.4 is 0 Å². The third kappa shape index (κ3) is 1.96. The summed E-state index contributed by atoms with van der Waals surface area (Å²) in [6, 6.07) is 28.4. The van der Waals surface area contributed by atoms with Crippen molar-refractivity contribution in [2.24, 2.45) is 7.05 Å². The zero-order valence-electron chi connectivity index (χ0n) is 15.4. The lowest BCUT2D eigenvalue weighted by atomic mass is 10.1. The number of benzene rings is 4. The molecule has 2 aromatic heterocycles. The van der Waals surface area contributed by atoms with Crippen LogP contribution in [0.1, 0.15) is 0 Å². The van der Waals surface area contributed by atoms with E-state index < -0.39 is 0 Å².